The zero-order valence-corrected chi connectivity index (χ0v) is 9.51. The zero-order chi connectivity index (χ0) is 10.5. The maximum Gasteiger partial charge on any atom is 0.127 e. The van der Waals surface area contributed by atoms with Crippen LogP contribution in [0.4, 0.5) is 5.69 Å². The number of hydrogen-bond acceptors (Lipinski definition) is 4. The Kier molecular flexibility index (Phi) is 3.64. The van der Waals surface area contributed by atoms with E-state index in [1.165, 1.54) is 4.90 Å². The van der Waals surface area contributed by atoms with Gasteiger partial charge in [0.2, 0.25) is 0 Å². The summed E-state index contributed by atoms with van der Waals surface area (Å²) in [5.41, 5.74) is 3.92. The Morgan fingerprint density at radius 2 is 2.33 bits per heavy atom. The Morgan fingerprint density at radius 1 is 1.47 bits per heavy atom. The van der Waals surface area contributed by atoms with Crippen LogP contribution in [0.15, 0.2) is 34.2 Å². The van der Waals surface area contributed by atoms with Gasteiger partial charge in [-0.15, -0.1) is 11.8 Å². The van der Waals surface area contributed by atoms with Crippen molar-refractivity contribution in [1.82, 2.24) is 5.48 Å². The van der Waals surface area contributed by atoms with Crippen molar-refractivity contribution in [3.63, 3.8) is 0 Å². The molecular formula is C11H14N2OS. The second-order valence-electron chi connectivity index (χ2n) is 3.16. The van der Waals surface area contributed by atoms with Crippen LogP contribution in [0.25, 0.3) is 0 Å². The topological polar surface area (TPSA) is 33.6 Å². The maximum atomic E-state index is 5.15. The third-order valence-corrected chi connectivity index (χ3v) is 3.12. The van der Waals surface area contributed by atoms with E-state index in [1.807, 2.05) is 36.9 Å². The molecule has 0 radical (unpaired) electrons. The molecule has 1 aromatic carbocycles. The fourth-order valence-corrected chi connectivity index (χ4v) is 2.31. The molecule has 15 heavy (non-hydrogen) atoms. The van der Waals surface area contributed by atoms with E-state index in [9.17, 15) is 0 Å². The van der Waals surface area contributed by atoms with Crippen LogP contribution in [0.2, 0.25) is 0 Å². The highest BCUT2D eigenvalue weighted by molar-refractivity contribution is 7.99. The van der Waals surface area contributed by atoms with Gasteiger partial charge >= 0.3 is 0 Å². The number of para-hydroxylation sites is 1. The number of benzene rings is 1. The number of hydrogen-bond donors (Lipinski definition) is 1. The molecule has 2 rings (SSSR count). The van der Waals surface area contributed by atoms with E-state index in [4.69, 9.17) is 4.84 Å². The minimum absolute atomic E-state index is 0.647. The van der Waals surface area contributed by atoms with Crippen LogP contribution in [0, 0.1) is 0 Å². The van der Waals surface area contributed by atoms with E-state index in [0.29, 0.717) is 6.61 Å². The van der Waals surface area contributed by atoms with E-state index >= 15 is 0 Å². The number of fused-ring (bicyclic) bond motifs is 1. The van der Waals surface area contributed by atoms with Crippen LogP contribution in [0.3, 0.4) is 0 Å². The SMILES string of the molecule is CCONC1=Nc2ccccc2SCC1. The molecule has 1 heterocycles. The highest BCUT2D eigenvalue weighted by Gasteiger charge is 2.09. The van der Waals surface area contributed by atoms with Crippen LogP contribution in [0.5, 0.6) is 0 Å². The molecule has 0 saturated heterocycles. The molecule has 0 unspecified atom stereocenters. The highest BCUT2D eigenvalue weighted by atomic mass is 32.2. The summed E-state index contributed by atoms with van der Waals surface area (Å²) >= 11 is 1.84. The van der Waals surface area contributed by atoms with Crippen molar-refractivity contribution in [2.45, 2.75) is 18.2 Å². The second kappa shape index (κ2) is 5.19. The van der Waals surface area contributed by atoms with Gasteiger partial charge in [-0.1, -0.05) is 12.1 Å². The Labute approximate surface area is 93.9 Å². The lowest BCUT2D eigenvalue weighted by Gasteiger charge is -2.05. The van der Waals surface area contributed by atoms with Gasteiger partial charge in [0, 0.05) is 17.1 Å². The first-order valence-corrected chi connectivity index (χ1v) is 6.06. The van der Waals surface area contributed by atoms with Crippen molar-refractivity contribution in [3.8, 4) is 0 Å². The zero-order valence-electron chi connectivity index (χ0n) is 8.69. The Bertz CT molecular complexity index is 365. The van der Waals surface area contributed by atoms with E-state index in [-0.39, 0.29) is 0 Å². The molecule has 0 bridgehead atoms. The third kappa shape index (κ3) is 2.73. The van der Waals surface area contributed by atoms with Crippen LogP contribution in [-0.4, -0.2) is 18.2 Å². The number of nitrogens with one attached hydrogen (secondary N) is 1. The predicted molar refractivity (Wildman–Crippen MR) is 63.6 cm³/mol. The highest BCUT2D eigenvalue weighted by Crippen LogP contribution is 2.32. The van der Waals surface area contributed by atoms with Crippen molar-refractivity contribution in [2.75, 3.05) is 12.4 Å². The number of amidine groups is 1. The molecule has 3 nitrogen and oxygen atoms in total. The lowest BCUT2D eigenvalue weighted by atomic mass is 10.3. The van der Waals surface area contributed by atoms with E-state index in [0.717, 1.165) is 23.7 Å². The van der Waals surface area contributed by atoms with Crippen molar-refractivity contribution in [3.05, 3.63) is 24.3 Å². The van der Waals surface area contributed by atoms with Gasteiger partial charge in [-0.2, -0.15) is 0 Å². The Hall–Kier alpha value is -1.00. The fourth-order valence-electron chi connectivity index (χ4n) is 1.36. The van der Waals surface area contributed by atoms with E-state index < -0.39 is 0 Å². The van der Waals surface area contributed by atoms with Gasteiger partial charge in [-0.3, -0.25) is 10.3 Å². The summed E-state index contributed by atoms with van der Waals surface area (Å²) in [4.78, 5) is 10.9. The average Bonchev–Trinajstić information content (AvgIpc) is 2.47. The molecule has 0 aliphatic carbocycles. The van der Waals surface area contributed by atoms with Gasteiger partial charge in [0.05, 0.1) is 12.3 Å². The monoisotopic (exact) mass is 222 g/mol. The molecule has 4 heteroatoms. The predicted octanol–water partition coefficient (Wildman–Crippen LogP) is 2.75. The Morgan fingerprint density at radius 3 is 3.20 bits per heavy atom. The summed E-state index contributed by atoms with van der Waals surface area (Å²) in [6.07, 6.45) is 0.916. The quantitative estimate of drug-likeness (QED) is 0.781. The molecule has 1 aromatic rings. The molecular weight excluding hydrogens is 208 g/mol. The van der Waals surface area contributed by atoms with Gasteiger partial charge in [-0.05, 0) is 19.1 Å². The summed E-state index contributed by atoms with van der Waals surface area (Å²) in [5.74, 6) is 1.95. The lowest BCUT2D eigenvalue weighted by Crippen LogP contribution is -2.23. The molecule has 0 aromatic heterocycles. The van der Waals surface area contributed by atoms with Crippen molar-refractivity contribution >= 4 is 23.3 Å². The first-order chi connectivity index (χ1) is 7.40. The van der Waals surface area contributed by atoms with Crippen molar-refractivity contribution in [2.24, 2.45) is 4.99 Å². The molecule has 0 fully saturated rings. The normalized spacial score (nSPS) is 15.1. The number of nitrogens with zero attached hydrogens (tertiary/aromatic N) is 1. The standard InChI is InChI=1S/C11H14N2OS/c1-2-14-13-11-7-8-15-10-6-4-3-5-9(10)12-11/h3-6H,2,7-8H2,1H3,(H,12,13). The fraction of sp³-hybridized carbons (Fsp3) is 0.364. The molecule has 80 valence electrons. The molecule has 0 atom stereocenters. The van der Waals surface area contributed by atoms with E-state index in [2.05, 4.69) is 16.5 Å². The minimum Gasteiger partial charge on any atom is -0.275 e. The van der Waals surface area contributed by atoms with Crippen LogP contribution in [-0.2, 0) is 4.84 Å². The minimum atomic E-state index is 0.647. The van der Waals surface area contributed by atoms with Gasteiger partial charge in [0.25, 0.3) is 0 Å². The summed E-state index contributed by atoms with van der Waals surface area (Å²) < 4.78 is 0. The number of aliphatic imine (C=N–C) groups is 1. The van der Waals surface area contributed by atoms with Gasteiger partial charge in [-0.25, -0.2) is 4.99 Å². The maximum absolute atomic E-state index is 5.15. The lowest BCUT2D eigenvalue weighted by molar-refractivity contribution is 0.0956. The molecule has 1 N–H and O–H groups in total. The summed E-state index contributed by atoms with van der Waals surface area (Å²) in [6, 6.07) is 8.18. The van der Waals surface area contributed by atoms with Gasteiger partial charge in [0.1, 0.15) is 5.84 Å². The average molecular weight is 222 g/mol. The third-order valence-electron chi connectivity index (χ3n) is 2.05. The molecule has 1 aliphatic rings. The molecule has 1 aliphatic heterocycles. The van der Waals surface area contributed by atoms with E-state index in [1.54, 1.807) is 0 Å². The largest absolute Gasteiger partial charge is 0.275 e. The van der Waals surface area contributed by atoms with Gasteiger partial charge in [0.15, 0.2) is 0 Å². The number of thioether (sulfide) groups is 1. The summed E-state index contributed by atoms with van der Waals surface area (Å²) in [5, 5.41) is 0. The van der Waals surface area contributed by atoms with Gasteiger partial charge < -0.3 is 0 Å². The summed E-state index contributed by atoms with van der Waals surface area (Å²) in [6.45, 7) is 2.60. The first-order valence-electron chi connectivity index (χ1n) is 5.07. The van der Waals surface area contributed by atoms with Crippen LogP contribution in [0.1, 0.15) is 13.3 Å². The number of rotatable bonds is 2. The molecule has 0 saturated carbocycles. The van der Waals surface area contributed by atoms with Crippen molar-refractivity contribution in [1.29, 1.82) is 0 Å². The molecule has 0 spiro atoms. The first kappa shape index (κ1) is 10.5. The van der Waals surface area contributed by atoms with Crippen LogP contribution >= 0.6 is 11.8 Å². The van der Waals surface area contributed by atoms with Crippen molar-refractivity contribution < 1.29 is 4.84 Å². The van der Waals surface area contributed by atoms with Crippen LogP contribution < -0.4 is 5.48 Å². The smallest absolute Gasteiger partial charge is 0.127 e. The molecule has 0 amide bonds. The summed E-state index contributed by atoms with van der Waals surface area (Å²) in [7, 11) is 0. The number of hydroxylamine groups is 1. The Balaban J connectivity index is 2.18. The second-order valence-corrected chi connectivity index (χ2v) is 4.30.